The van der Waals surface area contributed by atoms with Crippen LogP contribution in [0, 0.1) is 11.3 Å². The molecule has 0 fully saturated rings. The molecule has 0 aliphatic rings. The zero-order valence-electron chi connectivity index (χ0n) is 9.19. The van der Waals surface area contributed by atoms with Gasteiger partial charge < -0.3 is 0 Å². The van der Waals surface area contributed by atoms with Crippen LogP contribution in [0.15, 0.2) is 23.3 Å². The summed E-state index contributed by atoms with van der Waals surface area (Å²) in [5.74, 6) is 0. The zero-order valence-corrected chi connectivity index (χ0v) is 12.3. The largest absolute Gasteiger partial charge is 0.266 e. The number of nitrogens with one attached hydrogen (secondary N) is 1. The third-order valence-electron chi connectivity index (χ3n) is 2.09. The van der Waals surface area contributed by atoms with Crippen LogP contribution in [0.25, 0.3) is 0 Å². The molecular weight excluding hydrogens is 327 g/mol. The van der Waals surface area contributed by atoms with Crippen LogP contribution in [-0.4, -0.2) is 10.6 Å². The lowest BCUT2D eigenvalue weighted by atomic mass is 10.2. The van der Waals surface area contributed by atoms with Crippen LogP contribution in [0.5, 0.6) is 0 Å². The SMILES string of the molecule is N#Cc1c(Cl)nsc1N/N=C/c1ccc(Cl)cc1Cl. The Morgan fingerprint density at radius 2 is 2.16 bits per heavy atom. The Morgan fingerprint density at radius 1 is 1.37 bits per heavy atom. The van der Waals surface area contributed by atoms with E-state index in [1.807, 2.05) is 6.07 Å². The van der Waals surface area contributed by atoms with E-state index >= 15 is 0 Å². The van der Waals surface area contributed by atoms with E-state index in [0.717, 1.165) is 11.5 Å². The predicted octanol–water partition coefficient (Wildman–Crippen LogP) is 4.42. The third kappa shape index (κ3) is 3.37. The van der Waals surface area contributed by atoms with Gasteiger partial charge in [0.1, 0.15) is 16.6 Å². The van der Waals surface area contributed by atoms with Crippen LogP contribution < -0.4 is 5.43 Å². The summed E-state index contributed by atoms with van der Waals surface area (Å²) in [4.78, 5) is 0. The molecule has 4 nitrogen and oxygen atoms in total. The van der Waals surface area contributed by atoms with E-state index in [9.17, 15) is 0 Å². The summed E-state index contributed by atoms with van der Waals surface area (Å²) in [6.07, 6.45) is 1.52. The molecule has 0 bridgehead atoms. The number of rotatable bonds is 3. The summed E-state index contributed by atoms with van der Waals surface area (Å²) in [7, 11) is 0. The number of hydrogen-bond acceptors (Lipinski definition) is 5. The molecule has 2 aromatic rings. The highest BCUT2D eigenvalue weighted by molar-refractivity contribution is 7.10. The highest BCUT2D eigenvalue weighted by Gasteiger charge is 2.10. The van der Waals surface area contributed by atoms with Gasteiger partial charge in [-0.3, -0.25) is 5.43 Å². The number of aromatic nitrogens is 1. The van der Waals surface area contributed by atoms with Gasteiger partial charge in [-0.1, -0.05) is 40.9 Å². The summed E-state index contributed by atoms with van der Waals surface area (Å²) < 4.78 is 3.85. The maximum absolute atomic E-state index is 8.88. The van der Waals surface area contributed by atoms with Crippen molar-refractivity contribution in [2.75, 3.05) is 5.43 Å². The molecule has 0 amide bonds. The molecule has 1 aromatic heterocycles. The fourth-order valence-corrected chi connectivity index (χ4v) is 2.55. The maximum Gasteiger partial charge on any atom is 0.162 e. The van der Waals surface area contributed by atoms with E-state index in [0.29, 0.717) is 20.6 Å². The molecule has 0 aliphatic heterocycles. The number of benzene rings is 1. The quantitative estimate of drug-likeness (QED) is 0.669. The van der Waals surface area contributed by atoms with Crippen LogP contribution in [-0.2, 0) is 0 Å². The van der Waals surface area contributed by atoms with E-state index in [-0.39, 0.29) is 10.7 Å². The van der Waals surface area contributed by atoms with Crippen molar-refractivity contribution >= 4 is 57.6 Å². The van der Waals surface area contributed by atoms with Crippen LogP contribution >= 0.6 is 46.3 Å². The van der Waals surface area contributed by atoms with E-state index < -0.39 is 0 Å². The van der Waals surface area contributed by atoms with Crippen molar-refractivity contribution in [1.29, 1.82) is 5.26 Å². The number of nitriles is 1. The first kappa shape index (κ1) is 14.1. The van der Waals surface area contributed by atoms with Crippen LogP contribution in [0.4, 0.5) is 5.00 Å². The Kier molecular flexibility index (Phi) is 4.61. The highest BCUT2D eigenvalue weighted by Crippen LogP contribution is 2.27. The van der Waals surface area contributed by atoms with Gasteiger partial charge >= 0.3 is 0 Å². The van der Waals surface area contributed by atoms with E-state index in [1.165, 1.54) is 6.21 Å². The molecule has 0 unspecified atom stereocenters. The van der Waals surface area contributed by atoms with Crippen molar-refractivity contribution in [3.8, 4) is 6.07 Å². The molecule has 0 aliphatic carbocycles. The Balaban J connectivity index is 2.14. The van der Waals surface area contributed by atoms with Gasteiger partial charge in [0.25, 0.3) is 0 Å². The summed E-state index contributed by atoms with van der Waals surface area (Å²) in [6.45, 7) is 0. The summed E-state index contributed by atoms with van der Waals surface area (Å²) >= 11 is 18.6. The van der Waals surface area contributed by atoms with Gasteiger partial charge in [0, 0.05) is 10.6 Å². The van der Waals surface area contributed by atoms with Crippen molar-refractivity contribution in [2.24, 2.45) is 5.10 Å². The molecular formula is C11H5Cl3N4S. The summed E-state index contributed by atoms with van der Waals surface area (Å²) in [6, 6.07) is 7.01. The predicted molar refractivity (Wildman–Crippen MR) is 79.5 cm³/mol. The molecule has 8 heteroatoms. The zero-order chi connectivity index (χ0) is 13.8. The minimum Gasteiger partial charge on any atom is -0.266 e. The molecule has 19 heavy (non-hydrogen) atoms. The van der Waals surface area contributed by atoms with Crippen molar-refractivity contribution < 1.29 is 0 Å². The van der Waals surface area contributed by atoms with E-state index in [4.69, 9.17) is 40.1 Å². The monoisotopic (exact) mass is 330 g/mol. The average molecular weight is 332 g/mol. The standard InChI is InChI=1S/C11H5Cl3N4S/c12-7-2-1-6(9(13)3-7)5-16-17-11-8(4-15)10(14)18-19-11/h1-3,5,17H/b16-5+. The molecule has 0 saturated carbocycles. The normalized spacial score (nSPS) is 10.6. The van der Waals surface area contributed by atoms with Gasteiger partial charge in [-0.25, -0.2) is 0 Å². The molecule has 0 spiro atoms. The van der Waals surface area contributed by atoms with Gasteiger partial charge in [0.2, 0.25) is 0 Å². The average Bonchev–Trinajstić information content (AvgIpc) is 2.72. The van der Waals surface area contributed by atoms with Crippen molar-refractivity contribution in [1.82, 2.24) is 4.37 Å². The first-order chi connectivity index (χ1) is 9.11. The number of nitrogens with zero attached hydrogens (tertiary/aromatic N) is 3. The minimum atomic E-state index is 0.162. The molecule has 0 radical (unpaired) electrons. The Morgan fingerprint density at radius 3 is 2.84 bits per heavy atom. The highest BCUT2D eigenvalue weighted by atomic mass is 35.5. The second-order valence-electron chi connectivity index (χ2n) is 3.33. The van der Waals surface area contributed by atoms with Crippen LogP contribution in [0.2, 0.25) is 15.2 Å². The van der Waals surface area contributed by atoms with Gasteiger partial charge in [0.05, 0.1) is 11.2 Å². The number of anilines is 1. The maximum atomic E-state index is 8.88. The van der Waals surface area contributed by atoms with Crippen molar-refractivity contribution in [3.05, 3.63) is 44.5 Å². The molecule has 1 aromatic carbocycles. The molecule has 1 heterocycles. The first-order valence-corrected chi connectivity index (χ1v) is 6.82. The minimum absolute atomic E-state index is 0.162. The molecule has 1 N–H and O–H groups in total. The summed E-state index contributed by atoms with van der Waals surface area (Å²) in [5.41, 5.74) is 3.67. The van der Waals surface area contributed by atoms with Gasteiger partial charge in [-0.05, 0) is 23.7 Å². The Bertz CT molecular complexity index is 675. The lowest BCUT2D eigenvalue weighted by molar-refractivity contribution is 1.37. The van der Waals surface area contributed by atoms with Gasteiger partial charge in [-0.15, -0.1) is 0 Å². The lowest BCUT2D eigenvalue weighted by Crippen LogP contribution is -1.91. The fourth-order valence-electron chi connectivity index (χ4n) is 1.21. The second kappa shape index (κ2) is 6.22. The summed E-state index contributed by atoms with van der Waals surface area (Å²) in [5, 5.41) is 14.5. The van der Waals surface area contributed by atoms with Gasteiger partial charge in [0.15, 0.2) is 5.15 Å². The number of hydrazone groups is 1. The van der Waals surface area contributed by atoms with Gasteiger partial charge in [-0.2, -0.15) is 14.7 Å². The van der Waals surface area contributed by atoms with Crippen molar-refractivity contribution in [2.45, 2.75) is 0 Å². The second-order valence-corrected chi connectivity index (χ2v) is 5.30. The number of halogens is 3. The lowest BCUT2D eigenvalue weighted by Gasteiger charge is -1.99. The van der Waals surface area contributed by atoms with E-state index in [1.54, 1.807) is 18.2 Å². The topological polar surface area (TPSA) is 61.1 Å². The molecule has 0 saturated heterocycles. The molecule has 0 atom stereocenters. The Hall–Kier alpha value is -1.32. The first-order valence-electron chi connectivity index (χ1n) is 4.91. The third-order valence-corrected chi connectivity index (χ3v) is 3.78. The molecule has 2 rings (SSSR count). The smallest absolute Gasteiger partial charge is 0.162 e. The van der Waals surface area contributed by atoms with Crippen LogP contribution in [0.1, 0.15) is 11.1 Å². The fraction of sp³-hybridized carbons (Fsp3) is 0. The van der Waals surface area contributed by atoms with Crippen molar-refractivity contribution in [3.63, 3.8) is 0 Å². The number of hydrogen-bond donors (Lipinski definition) is 1. The van der Waals surface area contributed by atoms with E-state index in [2.05, 4.69) is 14.9 Å². The molecule has 96 valence electrons. The Labute approximate surface area is 128 Å². The van der Waals surface area contributed by atoms with Crippen LogP contribution in [0.3, 0.4) is 0 Å².